The van der Waals surface area contributed by atoms with Gasteiger partial charge in [0.1, 0.15) is 17.7 Å². The maximum Gasteiger partial charge on any atom is 0.312 e. The van der Waals surface area contributed by atoms with Crippen molar-refractivity contribution in [2.24, 2.45) is 11.8 Å². The average Bonchev–Trinajstić information content (AvgIpc) is 3.63. The fourth-order valence-electron chi connectivity index (χ4n) is 7.52. The summed E-state index contributed by atoms with van der Waals surface area (Å²) in [7, 11) is 0. The van der Waals surface area contributed by atoms with E-state index in [1.807, 2.05) is 4.90 Å². The van der Waals surface area contributed by atoms with Gasteiger partial charge in [0.2, 0.25) is 17.7 Å². The molecule has 10 heteroatoms. The third-order valence-corrected chi connectivity index (χ3v) is 9.47. The number of carbonyl (C=O) groups excluding carboxylic acids is 4. The SMILES string of the molecule is C=CCCC(=O)NC[C@@H](C)OC(=O)[C@@H]1[C@@H]2CC[C@]3(O2)[C@H](C(=O)N(CC=C)C2CCCCC2)N(CCCCCO)C(=O)[C@@H]13. The highest BCUT2D eigenvalue weighted by Gasteiger charge is 2.75. The Kier molecular flexibility index (Phi) is 11.2. The topological polar surface area (TPSA) is 125 Å². The third-order valence-electron chi connectivity index (χ3n) is 9.47. The quantitative estimate of drug-likeness (QED) is 0.162. The number of fused-ring (bicyclic) bond motifs is 1. The molecule has 0 radical (unpaired) electrons. The van der Waals surface area contributed by atoms with Crippen LogP contribution in [-0.2, 0) is 28.7 Å². The maximum absolute atomic E-state index is 14.5. The first-order chi connectivity index (χ1) is 20.3. The summed E-state index contributed by atoms with van der Waals surface area (Å²) in [6, 6.07) is -0.719. The number of carbonyl (C=O) groups is 4. The number of hydrogen-bond donors (Lipinski definition) is 2. The molecule has 2 bridgehead atoms. The molecule has 234 valence electrons. The Morgan fingerprint density at radius 3 is 2.62 bits per heavy atom. The summed E-state index contributed by atoms with van der Waals surface area (Å²) < 4.78 is 12.3. The lowest BCUT2D eigenvalue weighted by molar-refractivity contribution is -0.159. The summed E-state index contributed by atoms with van der Waals surface area (Å²) in [4.78, 5) is 57.8. The second-order valence-corrected chi connectivity index (χ2v) is 12.3. The molecular weight excluding hydrogens is 538 g/mol. The second-order valence-electron chi connectivity index (χ2n) is 12.3. The van der Waals surface area contributed by atoms with Gasteiger partial charge >= 0.3 is 5.97 Å². The molecule has 3 saturated heterocycles. The van der Waals surface area contributed by atoms with Crippen molar-refractivity contribution in [3.8, 4) is 0 Å². The van der Waals surface area contributed by atoms with Crippen molar-refractivity contribution in [3.05, 3.63) is 25.3 Å². The first kappa shape index (κ1) is 32.2. The van der Waals surface area contributed by atoms with Crippen molar-refractivity contribution in [3.63, 3.8) is 0 Å². The predicted octanol–water partition coefficient (Wildman–Crippen LogP) is 2.89. The van der Waals surface area contributed by atoms with E-state index in [0.717, 1.165) is 38.5 Å². The molecule has 3 aliphatic heterocycles. The molecule has 4 aliphatic rings. The summed E-state index contributed by atoms with van der Waals surface area (Å²) in [5.74, 6) is -2.60. The van der Waals surface area contributed by atoms with Crippen LogP contribution in [0, 0.1) is 11.8 Å². The number of nitrogens with zero attached hydrogens (tertiary/aromatic N) is 2. The van der Waals surface area contributed by atoms with Gasteiger partial charge in [0.25, 0.3) is 0 Å². The van der Waals surface area contributed by atoms with E-state index < -0.39 is 41.7 Å². The molecule has 3 amide bonds. The van der Waals surface area contributed by atoms with Gasteiger partial charge in [-0.15, -0.1) is 13.2 Å². The van der Waals surface area contributed by atoms with E-state index >= 15 is 0 Å². The van der Waals surface area contributed by atoms with E-state index in [-0.39, 0.29) is 36.9 Å². The lowest BCUT2D eigenvalue weighted by atomic mass is 9.70. The van der Waals surface area contributed by atoms with Crippen LogP contribution in [0.1, 0.15) is 84.0 Å². The van der Waals surface area contributed by atoms with Crippen LogP contribution in [0.25, 0.3) is 0 Å². The molecule has 1 aliphatic carbocycles. The van der Waals surface area contributed by atoms with Crippen LogP contribution < -0.4 is 5.32 Å². The molecule has 0 aromatic carbocycles. The molecule has 4 fully saturated rings. The molecule has 1 spiro atoms. The van der Waals surface area contributed by atoms with Crippen molar-refractivity contribution in [2.75, 3.05) is 26.2 Å². The molecule has 0 aromatic rings. The van der Waals surface area contributed by atoms with Crippen LogP contribution in [0.3, 0.4) is 0 Å². The van der Waals surface area contributed by atoms with Gasteiger partial charge in [-0.25, -0.2) is 0 Å². The Balaban J connectivity index is 1.55. The van der Waals surface area contributed by atoms with Gasteiger partial charge < -0.3 is 29.7 Å². The van der Waals surface area contributed by atoms with Crippen molar-refractivity contribution in [2.45, 2.75) is 114 Å². The van der Waals surface area contributed by atoms with Gasteiger partial charge in [0, 0.05) is 32.2 Å². The number of ether oxygens (including phenoxy) is 2. The monoisotopic (exact) mass is 587 g/mol. The highest BCUT2D eigenvalue weighted by molar-refractivity contribution is 5.98. The van der Waals surface area contributed by atoms with Crippen molar-refractivity contribution < 1.29 is 33.8 Å². The first-order valence-electron chi connectivity index (χ1n) is 15.9. The predicted molar refractivity (Wildman–Crippen MR) is 157 cm³/mol. The van der Waals surface area contributed by atoms with Gasteiger partial charge in [-0.3, -0.25) is 19.2 Å². The zero-order chi connectivity index (χ0) is 30.3. The lowest BCUT2D eigenvalue weighted by Crippen LogP contribution is -2.58. The number of esters is 1. The molecule has 42 heavy (non-hydrogen) atoms. The fraction of sp³-hybridized carbons (Fsp3) is 0.750. The number of amides is 3. The molecule has 2 N–H and O–H groups in total. The molecule has 0 unspecified atom stereocenters. The van der Waals surface area contributed by atoms with Crippen molar-refractivity contribution in [1.29, 1.82) is 0 Å². The number of likely N-dealkylation sites (tertiary alicyclic amines) is 1. The van der Waals surface area contributed by atoms with E-state index in [9.17, 15) is 24.3 Å². The second kappa shape index (κ2) is 14.6. The molecular formula is C32H49N3O7. The van der Waals surface area contributed by atoms with E-state index in [2.05, 4.69) is 18.5 Å². The van der Waals surface area contributed by atoms with E-state index in [4.69, 9.17) is 9.47 Å². The minimum Gasteiger partial charge on any atom is -0.460 e. The number of aliphatic hydroxyl groups is 1. The minimum atomic E-state index is -1.07. The Labute approximate surface area is 249 Å². The van der Waals surface area contributed by atoms with Crippen LogP contribution in [-0.4, -0.2) is 94.7 Å². The zero-order valence-electron chi connectivity index (χ0n) is 25.1. The fourth-order valence-corrected chi connectivity index (χ4v) is 7.52. The average molecular weight is 588 g/mol. The number of nitrogens with one attached hydrogen (secondary N) is 1. The maximum atomic E-state index is 14.5. The number of unbranched alkanes of at least 4 members (excludes halogenated alkanes) is 2. The molecule has 1 saturated carbocycles. The third kappa shape index (κ3) is 6.59. The minimum absolute atomic E-state index is 0.0727. The van der Waals surface area contributed by atoms with Gasteiger partial charge in [-0.05, 0) is 58.3 Å². The van der Waals surface area contributed by atoms with Gasteiger partial charge in [0.15, 0.2) is 0 Å². The van der Waals surface area contributed by atoms with Crippen LogP contribution in [0.15, 0.2) is 25.3 Å². The van der Waals surface area contributed by atoms with Crippen LogP contribution in [0.5, 0.6) is 0 Å². The van der Waals surface area contributed by atoms with Crippen molar-refractivity contribution in [1.82, 2.24) is 15.1 Å². The van der Waals surface area contributed by atoms with Crippen LogP contribution >= 0.6 is 0 Å². The zero-order valence-corrected chi connectivity index (χ0v) is 25.1. The highest BCUT2D eigenvalue weighted by Crippen LogP contribution is 2.59. The molecule has 0 aromatic heterocycles. The van der Waals surface area contributed by atoms with E-state index in [1.54, 1.807) is 24.0 Å². The number of hydrogen-bond acceptors (Lipinski definition) is 7. The summed E-state index contributed by atoms with van der Waals surface area (Å²) in [5, 5.41) is 12.0. The van der Waals surface area contributed by atoms with Crippen molar-refractivity contribution >= 4 is 23.7 Å². The molecule has 6 atom stereocenters. The Morgan fingerprint density at radius 2 is 1.93 bits per heavy atom. The number of rotatable bonds is 16. The van der Waals surface area contributed by atoms with Gasteiger partial charge in [-0.2, -0.15) is 0 Å². The molecule has 3 heterocycles. The number of aliphatic hydroxyl groups excluding tert-OH is 1. The first-order valence-corrected chi connectivity index (χ1v) is 15.9. The Bertz CT molecular complexity index is 1010. The molecule has 10 nitrogen and oxygen atoms in total. The van der Waals surface area contributed by atoms with Crippen LogP contribution in [0.4, 0.5) is 0 Å². The van der Waals surface area contributed by atoms with E-state index in [1.165, 1.54) is 0 Å². The van der Waals surface area contributed by atoms with Crippen LogP contribution in [0.2, 0.25) is 0 Å². The smallest absolute Gasteiger partial charge is 0.312 e. The molecule has 4 rings (SSSR count). The summed E-state index contributed by atoms with van der Waals surface area (Å²) >= 11 is 0. The Hall–Kier alpha value is -2.72. The van der Waals surface area contributed by atoms with Gasteiger partial charge in [-0.1, -0.05) is 31.4 Å². The number of allylic oxidation sites excluding steroid dienone is 1. The Morgan fingerprint density at radius 1 is 1.17 bits per heavy atom. The van der Waals surface area contributed by atoms with Gasteiger partial charge in [0.05, 0.1) is 24.5 Å². The summed E-state index contributed by atoms with van der Waals surface area (Å²) in [6.07, 6.45) is 11.4. The normalized spacial score (nSPS) is 29.2. The standard InChI is InChI=1S/C32H49N3O7/c1-4-6-15-25(37)33-21-22(3)41-31(40)26-24-16-17-32(42-24)27(26)29(38)35(19-11-8-12-20-36)28(32)30(39)34(18-5-2)23-13-9-7-10-14-23/h4-5,22-24,26-28,36H,1-2,6-21H2,3H3,(H,33,37)/t22-,24+,26-,27-,28+,32-/m1/s1. The lowest BCUT2D eigenvalue weighted by Gasteiger charge is -2.40. The largest absolute Gasteiger partial charge is 0.460 e. The van der Waals surface area contributed by atoms with E-state index in [0.29, 0.717) is 51.6 Å². The highest BCUT2D eigenvalue weighted by atomic mass is 16.6. The summed E-state index contributed by atoms with van der Waals surface area (Å²) in [6.45, 7) is 10.2. The summed E-state index contributed by atoms with van der Waals surface area (Å²) in [5.41, 5.74) is -1.07.